The third-order valence-corrected chi connectivity index (χ3v) is 12.1. The molecule has 3 aliphatic carbocycles. The largest absolute Gasteiger partial charge is 0.463 e. The number of hydrogen-bond donors (Lipinski definition) is 2. The molecule has 0 amide bonds. The van der Waals surface area contributed by atoms with E-state index in [4.69, 9.17) is 30.9 Å². The molecule has 0 aromatic carbocycles. The highest BCUT2D eigenvalue weighted by molar-refractivity contribution is 7.16. The SMILES string of the molecule is N#Cc1c(N2C[C@H]3CC[C@@H](C2)C3N)nc(OCC2(CN3CCOCC3)CC2)nc1N1CC2(CCc3sc(N)c(C#N)c32)C1. The van der Waals surface area contributed by atoms with Gasteiger partial charge in [0.1, 0.15) is 22.7 Å². The van der Waals surface area contributed by atoms with Gasteiger partial charge in [0.15, 0.2) is 11.6 Å². The number of rotatable bonds is 7. The minimum absolute atomic E-state index is 0.124. The molecule has 226 valence electrons. The Morgan fingerprint density at radius 1 is 0.977 bits per heavy atom. The van der Waals surface area contributed by atoms with Crippen LogP contribution in [0, 0.1) is 39.9 Å². The highest BCUT2D eigenvalue weighted by Crippen LogP contribution is 2.53. The molecule has 1 spiro atoms. The fourth-order valence-electron chi connectivity index (χ4n) is 8.43. The number of hydrogen-bond acceptors (Lipinski definition) is 12. The first kappa shape index (κ1) is 27.4. The Bertz CT molecular complexity index is 1500. The van der Waals surface area contributed by atoms with Crippen LogP contribution in [0.15, 0.2) is 0 Å². The van der Waals surface area contributed by atoms with Crippen molar-refractivity contribution < 1.29 is 9.47 Å². The summed E-state index contributed by atoms with van der Waals surface area (Å²) in [5, 5.41) is 21.0. The van der Waals surface area contributed by atoms with E-state index in [1.54, 1.807) is 11.3 Å². The van der Waals surface area contributed by atoms with E-state index in [0.717, 1.165) is 90.0 Å². The summed E-state index contributed by atoms with van der Waals surface area (Å²) in [6.07, 6.45) is 6.44. The molecular weight excluding hydrogens is 562 g/mol. The third-order valence-electron chi connectivity index (χ3n) is 11.1. The lowest BCUT2D eigenvalue weighted by atomic mass is 9.74. The van der Waals surface area contributed by atoms with Gasteiger partial charge >= 0.3 is 6.01 Å². The second kappa shape index (κ2) is 10.2. The number of piperidine rings is 1. The smallest absolute Gasteiger partial charge is 0.320 e. The Hall–Kier alpha value is -3.16. The Morgan fingerprint density at radius 3 is 2.30 bits per heavy atom. The molecule has 1 unspecified atom stereocenters. The minimum Gasteiger partial charge on any atom is -0.463 e. The number of aromatic nitrogens is 2. The van der Waals surface area contributed by atoms with Crippen molar-refractivity contribution >= 4 is 28.0 Å². The molecule has 3 saturated heterocycles. The number of fused-ring (bicyclic) bond motifs is 4. The molecule has 2 bridgehead atoms. The average molecular weight is 602 g/mol. The van der Waals surface area contributed by atoms with Gasteiger partial charge in [-0.2, -0.15) is 20.5 Å². The number of ether oxygens (including phenoxy) is 2. The van der Waals surface area contributed by atoms with Crippen LogP contribution >= 0.6 is 11.3 Å². The van der Waals surface area contributed by atoms with E-state index < -0.39 is 0 Å². The number of nitrogen functional groups attached to an aromatic ring is 1. The van der Waals surface area contributed by atoms with E-state index in [1.807, 2.05) is 0 Å². The van der Waals surface area contributed by atoms with Gasteiger partial charge in [-0.05, 0) is 55.9 Å². The molecule has 2 aromatic heterocycles. The summed E-state index contributed by atoms with van der Waals surface area (Å²) in [4.78, 5) is 18.0. The number of morpholine rings is 1. The first-order valence-corrected chi connectivity index (χ1v) is 16.5. The number of aryl methyl sites for hydroxylation is 1. The summed E-state index contributed by atoms with van der Waals surface area (Å²) in [6, 6.07) is 5.41. The first-order valence-electron chi connectivity index (χ1n) is 15.7. The minimum atomic E-state index is -0.124. The normalized spacial score (nSPS) is 28.3. The number of nitrogens with two attached hydrogens (primary N) is 2. The van der Waals surface area contributed by atoms with Gasteiger partial charge in [-0.3, -0.25) is 4.90 Å². The maximum atomic E-state index is 10.5. The Kier molecular flexibility index (Phi) is 6.50. The quantitative estimate of drug-likeness (QED) is 0.480. The molecule has 8 rings (SSSR count). The summed E-state index contributed by atoms with van der Waals surface area (Å²) >= 11 is 1.55. The van der Waals surface area contributed by atoms with Crippen LogP contribution in [0.3, 0.4) is 0 Å². The Labute approximate surface area is 256 Å². The highest BCUT2D eigenvalue weighted by atomic mass is 32.1. The van der Waals surface area contributed by atoms with Crippen molar-refractivity contribution in [3.63, 3.8) is 0 Å². The molecule has 12 heteroatoms. The van der Waals surface area contributed by atoms with Crippen molar-refractivity contribution in [2.75, 3.05) is 81.2 Å². The van der Waals surface area contributed by atoms with Crippen molar-refractivity contribution in [1.29, 1.82) is 10.5 Å². The number of anilines is 3. The van der Waals surface area contributed by atoms with E-state index >= 15 is 0 Å². The number of nitriles is 2. The predicted molar refractivity (Wildman–Crippen MR) is 163 cm³/mol. The summed E-state index contributed by atoms with van der Waals surface area (Å²) in [7, 11) is 0. The maximum absolute atomic E-state index is 10.5. The van der Waals surface area contributed by atoms with Gasteiger partial charge in [0.2, 0.25) is 0 Å². The molecule has 11 nitrogen and oxygen atoms in total. The molecule has 5 heterocycles. The van der Waals surface area contributed by atoms with Crippen LogP contribution in [0.25, 0.3) is 0 Å². The predicted octanol–water partition coefficient (Wildman–Crippen LogP) is 2.23. The van der Waals surface area contributed by atoms with Gasteiger partial charge in [0.25, 0.3) is 0 Å². The van der Waals surface area contributed by atoms with Crippen molar-refractivity contribution in [3.8, 4) is 18.1 Å². The van der Waals surface area contributed by atoms with Crippen LogP contribution in [-0.4, -0.2) is 86.5 Å². The summed E-state index contributed by atoms with van der Waals surface area (Å²) in [5.41, 5.74) is 15.0. The fourth-order valence-corrected chi connectivity index (χ4v) is 9.57. The lowest BCUT2D eigenvalue weighted by molar-refractivity contribution is 0.0231. The average Bonchev–Trinajstić information content (AvgIpc) is 3.49. The van der Waals surface area contributed by atoms with Crippen LogP contribution in [0.5, 0.6) is 6.01 Å². The van der Waals surface area contributed by atoms with Crippen LogP contribution in [0.1, 0.15) is 53.7 Å². The van der Waals surface area contributed by atoms with E-state index in [9.17, 15) is 10.5 Å². The summed E-state index contributed by atoms with van der Waals surface area (Å²) in [5.74, 6) is 2.14. The van der Waals surface area contributed by atoms with Gasteiger partial charge < -0.3 is 30.7 Å². The Balaban J connectivity index is 1.09. The molecule has 3 aliphatic heterocycles. The van der Waals surface area contributed by atoms with E-state index in [-0.39, 0.29) is 16.9 Å². The molecule has 2 aromatic rings. The molecule has 5 fully saturated rings. The topological polar surface area (TPSA) is 154 Å². The summed E-state index contributed by atoms with van der Waals surface area (Å²) in [6.45, 7) is 8.08. The van der Waals surface area contributed by atoms with Crippen molar-refractivity contribution in [1.82, 2.24) is 14.9 Å². The summed E-state index contributed by atoms with van der Waals surface area (Å²) < 4.78 is 12.0. The van der Waals surface area contributed by atoms with Crippen LogP contribution in [0.2, 0.25) is 0 Å². The third kappa shape index (κ3) is 4.53. The molecule has 0 radical (unpaired) electrons. The van der Waals surface area contributed by atoms with Crippen molar-refractivity contribution in [3.05, 3.63) is 21.6 Å². The molecular formula is C31H39N9O2S. The lowest BCUT2D eigenvalue weighted by Crippen LogP contribution is -2.59. The van der Waals surface area contributed by atoms with Gasteiger partial charge in [0, 0.05) is 67.6 Å². The maximum Gasteiger partial charge on any atom is 0.320 e. The fraction of sp³-hybridized carbons (Fsp3) is 0.677. The zero-order valence-electron chi connectivity index (χ0n) is 24.6. The van der Waals surface area contributed by atoms with E-state index in [2.05, 4.69) is 26.8 Å². The van der Waals surface area contributed by atoms with E-state index in [1.165, 1.54) is 4.88 Å². The molecule has 43 heavy (non-hydrogen) atoms. The molecule has 3 atom stereocenters. The van der Waals surface area contributed by atoms with E-state index in [0.29, 0.717) is 65.3 Å². The first-order chi connectivity index (χ1) is 20.9. The van der Waals surface area contributed by atoms with Crippen molar-refractivity contribution in [2.24, 2.45) is 23.0 Å². The highest BCUT2D eigenvalue weighted by Gasteiger charge is 2.53. The number of nitrogens with zero attached hydrogens (tertiary/aromatic N) is 7. The number of thiophene rings is 1. The lowest BCUT2D eigenvalue weighted by Gasteiger charge is -2.49. The van der Waals surface area contributed by atoms with Gasteiger partial charge in [-0.25, -0.2) is 0 Å². The monoisotopic (exact) mass is 601 g/mol. The molecule has 2 saturated carbocycles. The standard InChI is InChI=1S/C31H39N9O2S/c32-11-21-24-23(43-26(21)35)3-4-31(24)16-40(17-31)28-22(12-33)27(39-13-19-1-2-20(14-39)25(19)34)36-29(37-28)42-18-30(5-6-30)15-38-7-9-41-10-8-38/h19-20,25H,1-10,13-18,34-35H2/t19-,20+,25?. The van der Waals surface area contributed by atoms with Crippen LogP contribution < -0.4 is 26.0 Å². The van der Waals surface area contributed by atoms with Gasteiger partial charge in [-0.15, -0.1) is 11.3 Å². The van der Waals surface area contributed by atoms with Crippen LogP contribution in [-0.2, 0) is 16.6 Å². The van der Waals surface area contributed by atoms with Gasteiger partial charge in [-0.1, -0.05) is 0 Å². The van der Waals surface area contributed by atoms with Crippen molar-refractivity contribution in [2.45, 2.75) is 50.0 Å². The zero-order valence-corrected chi connectivity index (χ0v) is 25.4. The second-order valence-electron chi connectivity index (χ2n) is 13.8. The second-order valence-corrected chi connectivity index (χ2v) is 14.9. The molecule has 6 aliphatic rings. The molecule has 4 N–H and O–H groups in total. The Morgan fingerprint density at radius 2 is 1.65 bits per heavy atom. The zero-order chi connectivity index (χ0) is 29.3. The van der Waals surface area contributed by atoms with Crippen LogP contribution in [0.4, 0.5) is 16.6 Å². The van der Waals surface area contributed by atoms with Gasteiger partial charge in [0.05, 0.1) is 25.4 Å².